The van der Waals surface area contributed by atoms with Gasteiger partial charge in [0.25, 0.3) is 0 Å². The summed E-state index contributed by atoms with van der Waals surface area (Å²) in [7, 11) is 0. The largest absolute Gasteiger partial charge is 0.459 e. The number of aliphatic hydroxyl groups is 1. The maximum Gasteiger partial charge on any atom is 0.329 e. The summed E-state index contributed by atoms with van der Waals surface area (Å²) in [6.45, 7) is 0.313. The van der Waals surface area contributed by atoms with Crippen LogP contribution in [0.4, 0.5) is 0 Å². The van der Waals surface area contributed by atoms with Crippen molar-refractivity contribution < 1.29 is 19.4 Å². The van der Waals surface area contributed by atoms with Crippen LogP contribution in [0.1, 0.15) is 56.1 Å². The van der Waals surface area contributed by atoms with E-state index in [1.165, 1.54) is 19.3 Å². The van der Waals surface area contributed by atoms with Gasteiger partial charge < -0.3 is 14.7 Å². The molecule has 0 unspecified atom stereocenters. The van der Waals surface area contributed by atoms with Crippen molar-refractivity contribution in [2.75, 3.05) is 6.54 Å². The van der Waals surface area contributed by atoms with Crippen molar-refractivity contribution in [2.24, 2.45) is 23.2 Å². The predicted molar refractivity (Wildman–Crippen MR) is 108 cm³/mol. The highest BCUT2D eigenvalue weighted by atomic mass is 16.5. The standard InChI is InChI=1S/C24H28N2O4/c25-12-15-1-3-16(4-2-15)14-30-22(28)21-8-20(27)13-26(21)23(29)24-9-17-5-18(10-24)7-19(6-17)11-24/h1-4,17-21,27H,5-11,13-14H2/t17?,18?,19?,20-,21+,24?/m1/s1. The molecule has 6 rings (SSSR count). The lowest BCUT2D eigenvalue weighted by molar-refractivity contribution is -0.166. The summed E-state index contributed by atoms with van der Waals surface area (Å²) in [6.07, 6.45) is 6.15. The first-order chi connectivity index (χ1) is 14.5. The summed E-state index contributed by atoms with van der Waals surface area (Å²) >= 11 is 0. The highest BCUT2D eigenvalue weighted by molar-refractivity contribution is 5.89. The Kier molecular flexibility index (Phi) is 4.82. The SMILES string of the molecule is N#Cc1ccc(COC(=O)[C@@H]2C[C@@H](O)CN2C(=O)C23CC4CC(CC(C4)C2)C3)cc1. The first-order valence-corrected chi connectivity index (χ1v) is 11.1. The van der Waals surface area contributed by atoms with E-state index in [4.69, 9.17) is 10.00 Å². The van der Waals surface area contributed by atoms with Gasteiger partial charge in [0, 0.05) is 13.0 Å². The molecule has 1 amide bonds. The van der Waals surface area contributed by atoms with Gasteiger partial charge in [-0.05, 0) is 74.0 Å². The van der Waals surface area contributed by atoms with E-state index in [2.05, 4.69) is 6.07 Å². The normalized spacial score (nSPS) is 36.5. The third kappa shape index (κ3) is 3.39. The first kappa shape index (κ1) is 19.6. The van der Waals surface area contributed by atoms with E-state index in [1.54, 1.807) is 29.2 Å². The molecule has 6 nitrogen and oxygen atoms in total. The Balaban J connectivity index is 1.28. The number of nitriles is 1. The van der Waals surface area contributed by atoms with E-state index in [-0.39, 0.29) is 30.9 Å². The molecule has 5 fully saturated rings. The fourth-order valence-corrected chi connectivity index (χ4v) is 6.87. The number of esters is 1. The lowest BCUT2D eigenvalue weighted by atomic mass is 9.49. The van der Waals surface area contributed by atoms with Gasteiger partial charge in [-0.25, -0.2) is 4.79 Å². The number of nitrogens with zero attached hydrogens (tertiary/aromatic N) is 2. The molecule has 0 spiro atoms. The Labute approximate surface area is 176 Å². The fourth-order valence-electron chi connectivity index (χ4n) is 6.87. The number of amides is 1. The smallest absolute Gasteiger partial charge is 0.329 e. The number of carbonyl (C=O) groups excluding carboxylic acids is 2. The maximum atomic E-state index is 13.7. The summed E-state index contributed by atoms with van der Waals surface area (Å²) in [5.74, 6) is 1.56. The van der Waals surface area contributed by atoms with Crippen molar-refractivity contribution in [3.8, 4) is 6.07 Å². The third-order valence-corrected chi connectivity index (χ3v) is 7.77. The van der Waals surface area contributed by atoms with Crippen LogP contribution in [0.2, 0.25) is 0 Å². The van der Waals surface area contributed by atoms with E-state index in [9.17, 15) is 14.7 Å². The molecule has 30 heavy (non-hydrogen) atoms. The number of hydrogen-bond acceptors (Lipinski definition) is 5. The second-order valence-electron chi connectivity index (χ2n) is 9.98. The van der Waals surface area contributed by atoms with Crippen molar-refractivity contribution in [3.63, 3.8) is 0 Å². The second-order valence-corrected chi connectivity index (χ2v) is 9.98. The van der Waals surface area contributed by atoms with E-state index in [1.807, 2.05) is 0 Å². The predicted octanol–water partition coefficient (Wildman–Crippen LogP) is 2.78. The molecule has 4 saturated carbocycles. The van der Waals surface area contributed by atoms with Gasteiger partial charge in [0.2, 0.25) is 5.91 Å². The van der Waals surface area contributed by atoms with Crippen molar-refractivity contribution in [1.29, 1.82) is 5.26 Å². The molecule has 2 atom stereocenters. The maximum absolute atomic E-state index is 13.7. The third-order valence-electron chi connectivity index (χ3n) is 7.77. The highest BCUT2D eigenvalue weighted by Gasteiger charge is 2.57. The average molecular weight is 408 g/mol. The zero-order chi connectivity index (χ0) is 20.9. The van der Waals surface area contributed by atoms with Crippen LogP contribution < -0.4 is 0 Å². The van der Waals surface area contributed by atoms with Crippen LogP contribution in [0.3, 0.4) is 0 Å². The summed E-state index contributed by atoms with van der Waals surface area (Å²) in [6, 6.07) is 8.24. The number of β-amino-alcohol motifs (C(OH)–C–C–N with tert-alkyl or cyclic N) is 1. The highest BCUT2D eigenvalue weighted by Crippen LogP contribution is 2.60. The minimum Gasteiger partial charge on any atom is -0.459 e. The Hall–Kier alpha value is -2.39. The molecule has 1 aromatic carbocycles. The van der Waals surface area contributed by atoms with Crippen LogP contribution in [0, 0.1) is 34.5 Å². The minimum atomic E-state index is -0.709. The second kappa shape index (κ2) is 7.39. The lowest BCUT2D eigenvalue weighted by Crippen LogP contribution is -2.56. The molecule has 1 N–H and O–H groups in total. The van der Waals surface area contributed by atoms with Gasteiger partial charge in [-0.2, -0.15) is 5.26 Å². The van der Waals surface area contributed by atoms with Crippen molar-refractivity contribution in [1.82, 2.24) is 4.90 Å². The van der Waals surface area contributed by atoms with Crippen molar-refractivity contribution in [2.45, 2.75) is 63.7 Å². The van der Waals surface area contributed by atoms with Crippen LogP contribution in [0.25, 0.3) is 0 Å². The Morgan fingerprint density at radius 3 is 2.23 bits per heavy atom. The molecule has 1 aliphatic heterocycles. The number of carbonyl (C=O) groups is 2. The summed E-state index contributed by atoms with van der Waals surface area (Å²) < 4.78 is 5.51. The number of rotatable bonds is 4. The number of benzene rings is 1. The average Bonchev–Trinajstić information content (AvgIpc) is 3.12. The summed E-state index contributed by atoms with van der Waals surface area (Å²) in [5, 5.41) is 19.1. The van der Waals surface area contributed by atoms with Gasteiger partial charge >= 0.3 is 5.97 Å². The van der Waals surface area contributed by atoms with Crippen LogP contribution >= 0.6 is 0 Å². The number of ether oxygens (including phenoxy) is 1. The number of hydrogen-bond donors (Lipinski definition) is 1. The lowest BCUT2D eigenvalue weighted by Gasteiger charge is -2.56. The molecular weight excluding hydrogens is 380 g/mol. The van der Waals surface area contributed by atoms with E-state index >= 15 is 0 Å². The van der Waals surface area contributed by atoms with Gasteiger partial charge in [0.15, 0.2) is 0 Å². The van der Waals surface area contributed by atoms with Gasteiger partial charge in [0.05, 0.1) is 23.2 Å². The topological polar surface area (TPSA) is 90.6 Å². The minimum absolute atomic E-state index is 0.0680. The molecule has 6 heteroatoms. The monoisotopic (exact) mass is 408 g/mol. The quantitative estimate of drug-likeness (QED) is 0.774. The van der Waals surface area contributed by atoms with E-state index < -0.39 is 18.1 Å². The Morgan fingerprint density at radius 2 is 1.67 bits per heavy atom. The molecule has 1 saturated heterocycles. The summed E-state index contributed by atoms with van der Waals surface area (Å²) in [4.78, 5) is 28.2. The Bertz CT molecular complexity index is 852. The van der Waals surface area contributed by atoms with Gasteiger partial charge in [-0.1, -0.05) is 12.1 Å². The molecule has 1 aromatic rings. The molecular formula is C24H28N2O4. The molecule has 4 aliphatic carbocycles. The fraction of sp³-hybridized carbons (Fsp3) is 0.625. The van der Waals surface area contributed by atoms with Gasteiger partial charge in [-0.3, -0.25) is 4.79 Å². The van der Waals surface area contributed by atoms with Crippen molar-refractivity contribution >= 4 is 11.9 Å². The summed E-state index contributed by atoms with van der Waals surface area (Å²) in [5.41, 5.74) is 1.01. The van der Waals surface area contributed by atoms with Crippen LogP contribution in [-0.4, -0.2) is 40.6 Å². The molecule has 0 radical (unpaired) electrons. The van der Waals surface area contributed by atoms with Crippen molar-refractivity contribution in [3.05, 3.63) is 35.4 Å². The van der Waals surface area contributed by atoms with Gasteiger partial charge in [-0.15, -0.1) is 0 Å². The first-order valence-electron chi connectivity index (χ1n) is 11.1. The van der Waals surface area contributed by atoms with Gasteiger partial charge in [0.1, 0.15) is 12.6 Å². The molecule has 4 bridgehead atoms. The van der Waals surface area contributed by atoms with E-state index in [0.717, 1.165) is 24.8 Å². The molecule has 158 valence electrons. The Morgan fingerprint density at radius 1 is 1.07 bits per heavy atom. The zero-order valence-corrected chi connectivity index (χ0v) is 17.1. The number of likely N-dealkylation sites (tertiary alicyclic amines) is 1. The molecule has 5 aliphatic rings. The molecule has 1 heterocycles. The molecule has 0 aromatic heterocycles. The van der Waals surface area contributed by atoms with Crippen LogP contribution in [0.15, 0.2) is 24.3 Å². The zero-order valence-electron chi connectivity index (χ0n) is 17.1. The van der Waals surface area contributed by atoms with E-state index in [0.29, 0.717) is 23.3 Å². The van der Waals surface area contributed by atoms with Crippen LogP contribution in [0.5, 0.6) is 0 Å². The van der Waals surface area contributed by atoms with Crippen LogP contribution in [-0.2, 0) is 20.9 Å². The number of aliphatic hydroxyl groups excluding tert-OH is 1.